The molecule has 0 radical (unpaired) electrons. The average Bonchev–Trinajstić information content (AvgIpc) is 3.11. The molecule has 0 saturated carbocycles. The fourth-order valence-electron chi connectivity index (χ4n) is 3.19. The number of halogens is 1. The molecule has 2 amide bonds. The van der Waals surface area contributed by atoms with E-state index in [0.29, 0.717) is 24.8 Å². The summed E-state index contributed by atoms with van der Waals surface area (Å²) in [6, 6.07) is 14.1. The first kappa shape index (κ1) is 18.2. The summed E-state index contributed by atoms with van der Waals surface area (Å²) in [5, 5.41) is 5.73. The summed E-state index contributed by atoms with van der Waals surface area (Å²) in [5.41, 5.74) is 2.43. The summed E-state index contributed by atoms with van der Waals surface area (Å²) in [5.74, 6) is 0.111. The van der Waals surface area contributed by atoms with Crippen molar-refractivity contribution in [3.63, 3.8) is 0 Å². The van der Waals surface area contributed by atoms with Crippen LogP contribution in [-0.2, 0) is 11.3 Å². The quantitative estimate of drug-likeness (QED) is 0.830. The molecule has 3 rings (SSSR count). The average molecular weight is 357 g/mol. The number of benzene rings is 2. The van der Waals surface area contributed by atoms with Crippen LogP contribution in [0.4, 0.5) is 20.6 Å². The molecule has 138 valence electrons. The lowest BCUT2D eigenvalue weighted by molar-refractivity contribution is 0.185. The molecule has 0 bridgehead atoms. The Morgan fingerprint density at radius 3 is 2.73 bits per heavy atom. The summed E-state index contributed by atoms with van der Waals surface area (Å²) >= 11 is 0. The number of carbonyl (C=O) groups is 1. The van der Waals surface area contributed by atoms with Gasteiger partial charge in [-0.1, -0.05) is 24.3 Å². The maximum Gasteiger partial charge on any atom is 0.319 e. The molecule has 26 heavy (non-hydrogen) atoms. The Kier molecular flexibility index (Phi) is 6.07. The highest BCUT2D eigenvalue weighted by molar-refractivity contribution is 5.89. The highest BCUT2D eigenvalue weighted by atomic mass is 19.1. The fraction of sp³-hybridized carbons (Fsp3) is 0.350. The second-order valence-electron chi connectivity index (χ2n) is 6.52. The lowest BCUT2D eigenvalue weighted by atomic mass is 10.1. The maximum atomic E-state index is 13.9. The number of amides is 2. The highest BCUT2D eigenvalue weighted by Gasteiger charge is 2.24. The van der Waals surface area contributed by atoms with Gasteiger partial charge in [0.15, 0.2) is 0 Å². The van der Waals surface area contributed by atoms with E-state index in [1.54, 1.807) is 19.2 Å². The van der Waals surface area contributed by atoms with Crippen molar-refractivity contribution in [3.8, 4) is 0 Å². The molecule has 6 heteroatoms. The van der Waals surface area contributed by atoms with E-state index in [-0.39, 0.29) is 11.8 Å². The second-order valence-corrected chi connectivity index (χ2v) is 6.52. The number of ether oxygens (including phenoxy) is 1. The van der Waals surface area contributed by atoms with Crippen molar-refractivity contribution in [2.75, 3.05) is 37.0 Å². The van der Waals surface area contributed by atoms with Crippen molar-refractivity contribution in [2.45, 2.75) is 13.0 Å². The third kappa shape index (κ3) is 4.73. The summed E-state index contributed by atoms with van der Waals surface area (Å²) < 4.78 is 18.9. The van der Waals surface area contributed by atoms with Crippen LogP contribution in [0.2, 0.25) is 0 Å². The van der Waals surface area contributed by atoms with Crippen molar-refractivity contribution in [1.82, 2.24) is 5.32 Å². The highest BCUT2D eigenvalue weighted by Crippen LogP contribution is 2.25. The van der Waals surface area contributed by atoms with Crippen LogP contribution >= 0.6 is 0 Å². The summed E-state index contributed by atoms with van der Waals surface area (Å²) in [4.78, 5) is 14.1. The number of rotatable bonds is 6. The number of urea groups is 1. The van der Waals surface area contributed by atoms with Crippen LogP contribution in [0.3, 0.4) is 0 Å². The largest absolute Gasteiger partial charge is 0.380 e. The number of para-hydroxylation sites is 1. The number of methoxy groups -OCH3 is 1. The summed E-state index contributed by atoms with van der Waals surface area (Å²) in [6.07, 6.45) is 0.931. The topological polar surface area (TPSA) is 53.6 Å². The zero-order valence-electron chi connectivity index (χ0n) is 14.9. The van der Waals surface area contributed by atoms with Crippen molar-refractivity contribution >= 4 is 17.4 Å². The van der Waals surface area contributed by atoms with Gasteiger partial charge in [0.05, 0.1) is 12.3 Å². The molecule has 2 N–H and O–H groups in total. The van der Waals surface area contributed by atoms with Crippen molar-refractivity contribution in [2.24, 2.45) is 5.92 Å². The monoisotopic (exact) mass is 357 g/mol. The molecule has 1 atom stereocenters. The Bertz CT molecular complexity index is 736. The van der Waals surface area contributed by atoms with Gasteiger partial charge >= 0.3 is 6.03 Å². The molecule has 0 unspecified atom stereocenters. The van der Waals surface area contributed by atoms with Gasteiger partial charge in [-0.25, -0.2) is 9.18 Å². The van der Waals surface area contributed by atoms with E-state index >= 15 is 0 Å². The van der Waals surface area contributed by atoms with Gasteiger partial charge in [0.2, 0.25) is 0 Å². The molecule has 0 aliphatic carbocycles. The maximum absolute atomic E-state index is 13.9. The number of nitrogens with one attached hydrogen (secondary N) is 2. The van der Waals surface area contributed by atoms with Crippen LogP contribution < -0.4 is 15.5 Å². The van der Waals surface area contributed by atoms with Gasteiger partial charge in [0, 0.05) is 32.4 Å². The van der Waals surface area contributed by atoms with E-state index in [1.807, 2.05) is 35.2 Å². The van der Waals surface area contributed by atoms with E-state index in [0.717, 1.165) is 30.8 Å². The van der Waals surface area contributed by atoms with E-state index in [9.17, 15) is 9.18 Å². The van der Waals surface area contributed by atoms with Crippen LogP contribution in [0, 0.1) is 11.7 Å². The van der Waals surface area contributed by atoms with Crippen LogP contribution in [0.5, 0.6) is 0 Å². The Morgan fingerprint density at radius 1 is 1.23 bits per heavy atom. The number of hydrogen-bond donors (Lipinski definition) is 2. The van der Waals surface area contributed by atoms with Gasteiger partial charge < -0.3 is 20.3 Å². The molecule has 2 aromatic carbocycles. The van der Waals surface area contributed by atoms with Crippen LogP contribution in [0.15, 0.2) is 48.5 Å². The normalized spacial score (nSPS) is 16.5. The lowest BCUT2D eigenvalue weighted by Gasteiger charge is -2.19. The Labute approximate surface area is 153 Å². The molecule has 5 nitrogen and oxygen atoms in total. The first-order chi connectivity index (χ1) is 12.7. The molecule has 1 saturated heterocycles. The van der Waals surface area contributed by atoms with Gasteiger partial charge in [0.25, 0.3) is 0 Å². The number of nitrogens with zero attached hydrogens (tertiary/aromatic N) is 1. The predicted molar refractivity (Wildman–Crippen MR) is 101 cm³/mol. The molecule has 1 aliphatic rings. The smallest absolute Gasteiger partial charge is 0.319 e. The zero-order valence-corrected chi connectivity index (χ0v) is 14.9. The molecule has 1 fully saturated rings. The lowest BCUT2D eigenvalue weighted by Crippen LogP contribution is -2.34. The Morgan fingerprint density at radius 2 is 2.00 bits per heavy atom. The molecule has 1 heterocycles. The molecule has 0 aromatic heterocycles. The number of carbonyl (C=O) groups excluding carboxylic acids is 1. The molecule has 2 aromatic rings. The van der Waals surface area contributed by atoms with Gasteiger partial charge in [-0.2, -0.15) is 0 Å². The first-order valence-electron chi connectivity index (χ1n) is 8.78. The minimum absolute atomic E-state index is 0.198. The van der Waals surface area contributed by atoms with Gasteiger partial charge in [-0.05, 0) is 42.2 Å². The first-order valence-corrected chi connectivity index (χ1v) is 8.78. The van der Waals surface area contributed by atoms with Gasteiger partial charge in [-0.3, -0.25) is 0 Å². The van der Waals surface area contributed by atoms with Gasteiger partial charge in [0.1, 0.15) is 5.82 Å². The fourth-order valence-corrected chi connectivity index (χ4v) is 3.19. The van der Waals surface area contributed by atoms with Crippen LogP contribution in [-0.4, -0.2) is 32.8 Å². The molecular formula is C20H24FN3O2. The third-order valence-electron chi connectivity index (χ3n) is 4.55. The van der Waals surface area contributed by atoms with E-state index in [2.05, 4.69) is 10.6 Å². The molecular weight excluding hydrogens is 333 g/mol. The third-order valence-corrected chi connectivity index (χ3v) is 4.55. The van der Waals surface area contributed by atoms with Crippen molar-refractivity contribution in [1.29, 1.82) is 0 Å². The molecule has 1 aliphatic heterocycles. The van der Waals surface area contributed by atoms with E-state index in [1.165, 1.54) is 6.07 Å². The minimum atomic E-state index is -0.228. The Hall–Kier alpha value is -2.60. The van der Waals surface area contributed by atoms with E-state index < -0.39 is 0 Å². The predicted octanol–water partition coefficient (Wildman–Crippen LogP) is 3.62. The van der Waals surface area contributed by atoms with Crippen LogP contribution in [0.1, 0.15) is 12.0 Å². The zero-order chi connectivity index (χ0) is 18.4. The second kappa shape index (κ2) is 8.67. The number of anilines is 2. The molecule has 0 spiro atoms. The van der Waals surface area contributed by atoms with Crippen molar-refractivity contribution < 1.29 is 13.9 Å². The summed E-state index contributed by atoms with van der Waals surface area (Å²) in [6.45, 7) is 2.66. The SMILES string of the molecule is COCc1ccc(NC(=O)NC[C@H]2CCN(c3ccccc3F)C2)cc1. The summed E-state index contributed by atoms with van der Waals surface area (Å²) in [7, 11) is 1.65. The van der Waals surface area contributed by atoms with Crippen LogP contribution in [0.25, 0.3) is 0 Å². The number of hydrogen-bond acceptors (Lipinski definition) is 3. The minimum Gasteiger partial charge on any atom is -0.380 e. The van der Waals surface area contributed by atoms with Crippen molar-refractivity contribution in [3.05, 3.63) is 59.9 Å². The Balaban J connectivity index is 1.44. The van der Waals surface area contributed by atoms with Gasteiger partial charge in [-0.15, -0.1) is 0 Å². The van der Waals surface area contributed by atoms with E-state index in [4.69, 9.17) is 4.74 Å². The standard InChI is InChI=1S/C20H24FN3O2/c1-26-14-15-6-8-17(9-7-15)23-20(25)22-12-16-10-11-24(13-16)19-5-3-2-4-18(19)21/h2-9,16H,10-14H2,1H3,(H2,22,23,25)/t16-/m1/s1.